The first kappa shape index (κ1) is 9.78. The Bertz CT molecular complexity index is 622. The number of imide groups is 1. The summed E-state index contributed by atoms with van der Waals surface area (Å²) in [5.41, 5.74) is 1.11. The molecule has 3 nitrogen and oxygen atoms in total. The molecule has 0 saturated heterocycles. The molecule has 0 aliphatic carbocycles. The highest BCUT2D eigenvalue weighted by atomic mass is 16.2. The Morgan fingerprint density at radius 2 is 1.47 bits per heavy atom. The molecule has 2 aromatic rings. The minimum Gasteiger partial charge on any atom is -0.268 e. The summed E-state index contributed by atoms with van der Waals surface area (Å²) < 4.78 is 0. The summed E-state index contributed by atoms with van der Waals surface area (Å²) in [5, 5.41) is 1.65. The van der Waals surface area contributed by atoms with Crippen LogP contribution in [0, 0.1) is 0 Å². The number of carbonyl (C=O) groups is 2. The molecule has 2 amide bonds. The first-order valence-electron chi connectivity index (χ1n) is 5.26. The van der Waals surface area contributed by atoms with E-state index in [9.17, 15) is 9.59 Å². The second kappa shape index (κ2) is 3.28. The van der Waals surface area contributed by atoms with Crippen LogP contribution in [0.1, 0.15) is 20.7 Å². The Morgan fingerprint density at radius 1 is 0.941 bits per heavy atom. The lowest BCUT2D eigenvalue weighted by atomic mass is 9.94. The van der Waals surface area contributed by atoms with Crippen LogP contribution >= 0.6 is 0 Å². The van der Waals surface area contributed by atoms with E-state index in [1.54, 1.807) is 12.1 Å². The molecule has 17 heavy (non-hydrogen) atoms. The zero-order chi connectivity index (χ0) is 12.0. The standard InChI is InChI=1S/C14H9NO2/c1-2-15-13(16)10-7-3-5-9-6-4-8-11(12(9)10)14(15)17/h2-8H,1H2. The Morgan fingerprint density at radius 3 is 1.94 bits per heavy atom. The van der Waals surface area contributed by atoms with E-state index in [1.165, 1.54) is 6.20 Å². The molecule has 0 fully saturated rings. The predicted molar refractivity (Wildman–Crippen MR) is 64.6 cm³/mol. The molecule has 0 bridgehead atoms. The van der Waals surface area contributed by atoms with E-state index >= 15 is 0 Å². The van der Waals surface area contributed by atoms with Gasteiger partial charge in [0.1, 0.15) is 0 Å². The highest BCUT2D eigenvalue weighted by Crippen LogP contribution is 2.29. The van der Waals surface area contributed by atoms with Gasteiger partial charge in [0.2, 0.25) is 0 Å². The van der Waals surface area contributed by atoms with Gasteiger partial charge in [0.25, 0.3) is 11.8 Å². The Labute approximate surface area is 98.0 Å². The number of rotatable bonds is 1. The summed E-state index contributed by atoms with van der Waals surface area (Å²) in [4.78, 5) is 25.2. The topological polar surface area (TPSA) is 37.4 Å². The molecule has 1 heterocycles. The molecule has 1 aliphatic rings. The Hall–Kier alpha value is -2.42. The van der Waals surface area contributed by atoms with E-state index in [-0.39, 0.29) is 11.8 Å². The van der Waals surface area contributed by atoms with Crippen molar-refractivity contribution in [3.05, 3.63) is 60.3 Å². The third-order valence-corrected chi connectivity index (χ3v) is 2.99. The first-order valence-corrected chi connectivity index (χ1v) is 5.26. The van der Waals surface area contributed by atoms with Crippen LogP contribution in [0.4, 0.5) is 0 Å². The maximum Gasteiger partial charge on any atom is 0.265 e. The van der Waals surface area contributed by atoms with E-state index in [2.05, 4.69) is 6.58 Å². The van der Waals surface area contributed by atoms with E-state index in [0.717, 1.165) is 15.7 Å². The van der Waals surface area contributed by atoms with Crippen molar-refractivity contribution in [2.24, 2.45) is 0 Å². The van der Waals surface area contributed by atoms with Crippen LogP contribution in [-0.2, 0) is 0 Å². The average Bonchev–Trinajstić information content (AvgIpc) is 2.36. The fourth-order valence-electron chi connectivity index (χ4n) is 2.22. The molecule has 2 aromatic carbocycles. The maximum atomic E-state index is 12.1. The average molecular weight is 223 g/mol. The lowest BCUT2D eigenvalue weighted by Gasteiger charge is -2.23. The summed E-state index contributed by atoms with van der Waals surface area (Å²) in [6.45, 7) is 3.51. The number of hydrogen-bond acceptors (Lipinski definition) is 2. The molecule has 0 radical (unpaired) electrons. The smallest absolute Gasteiger partial charge is 0.265 e. The Kier molecular flexibility index (Phi) is 1.89. The summed E-state index contributed by atoms with van der Waals surface area (Å²) in [6, 6.07) is 10.9. The van der Waals surface area contributed by atoms with Crippen LogP contribution < -0.4 is 0 Å². The van der Waals surface area contributed by atoms with Gasteiger partial charge in [0.05, 0.1) is 0 Å². The summed E-state index contributed by atoms with van der Waals surface area (Å²) in [6.07, 6.45) is 1.26. The second-order valence-corrected chi connectivity index (χ2v) is 3.87. The lowest BCUT2D eigenvalue weighted by Crippen LogP contribution is -2.35. The summed E-state index contributed by atoms with van der Waals surface area (Å²) >= 11 is 0. The quantitative estimate of drug-likeness (QED) is 0.697. The minimum atomic E-state index is -0.311. The van der Waals surface area contributed by atoms with Crippen LogP contribution in [0.2, 0.25) is 0 Å². The van der Waals surface area contributed by atoms with Gasteiger partial charge in [-0.1, -0.05) is 30.8 Å². The largest absolute Gasteiger partial charge is 0.268 e. The third kappa shape index (κ3) is 1.16. The predicted octanol–water partition coefficient (Wildman–Crippen LogP) is 2.58. The molecule has 0 aromatic heterocycles. The number of hydrogen-bond donors (Lipinski definition) is 0. The fourth-order valence-corrected chi connectivity index (χ4v) is 2.22. The molecule has 0 unspecified atom stereocenters. The molecule has 0 N–H and O–H groups in total. The maximum absolute atomic E-state index is 12.1. The van der Waals surface area contributed by atoms with Crippen LogP contribution in [0.3, 0.4) is 0 Å². The van der Waals surface area contributed by atoms with Crippen molar-refractivity contribution < 1.29 is 9.59 Å². The van der Waals surface area contributed by atoms with Crippen molar-refractivity contribution in [3.8, 4) is 0 Å². The van der Waals surface area contributed by atoms with Crippen molar-refractivity contribution >= 4 is 22.6 Å². The number of amides is 2. The number of nitrogens with zero attached hydrogens (tertiary/aromatic N) is 1. The molecule has 3 heteroatoms. The van der Waals surface area contributed by atoms with Crippen molar-refractivity contribution in [2.45, 2.75) is 0 Å². The molecule has 82 valence electrons. The summed E-state index contributed by atoms with van der Waals surface area (Å²) in [7, 11) is 0. The minimum absolute atomic E-state index is 0.311. The molecule has 1 aliphatic heterocycles. The van der Waals surface area contributed by atoms with Gasteiger partial charge in [-0.2, -0.15) is 0 Å². The number of benzene rings is 2. The number of carbonyl (C=O) groups excluding carboxylic acids is 2. The highest BCUT2D eigenvalue weighted by Gasteiger charge is 2.30. The van der Waals surface area contributed by atoms with Gasteiger partial charge in [-0.05, 0) is 17.5 Å². The molecule has 3 rings (SSSR count). The van der Waals surface area contributed by atoms with Crippen LogP contribution in [0.15, 0.2) is 49.2 Å². The van der Waals surface area contributed by atoms with Crippen molar-refractivity contribution in [3.63, 3.8) is 0 Å². The first-order chi connectivity index (χ1) is 8.24. The van der Waals surface area contributed by atoms with Crippen molar-refractivity contribution in [2.75, 3.05) is 0 Å². The molecular weight excluding hydrogens is 214 g/mol. The molecule has 0 spiro atoms. The second-order valence-electron chi connectivity index (χ2n) is 3.87. The van der Waals surface area contributed by atoms with Gasteiger partial charge in [0, 0.05) is 22.7 Å². The molecule has 0 saturated carbocycles. The van der Waals surface area contributed by atoms with E-state index in [1.807, 2.05) is 24.3 Å². The summed E-state index contributed by atoms with van der Waals surface area (Å²) in [5.74, 6) is -0.622. The van der Waals surface area contributed by atoms with Crippen molar-refractivity contribution in [1.29, 1.82) is 0 Å². The van der Waals surface area contributed by atoms with E-state index < -0.39 is 0 Å². The molecular formula is C14H9NO2. The lowest BCUT2D eigenvalue weighted by molar-refractivity contribution is 0.0681. The van der Waals surface area contributed by atoms with Gasteiger partial charge in [-0.15, -0.1) is 0 Å². The SMILES string of the molecule is C=CN1C(=O)c2cccc3cccc(c23)C1=O. The third-order valence-electron chi connectivity index (χ3n) is 2.99. The van der Waals surface area contributed by atoms with Crippen LogP contribution in [-0.4, -0.2) is 16.7 Å². The fraction of sp³-hybridized carbons (Fsp3) is 0. The van der Waals surface area contributed by atoms with E-state index in [0.29, 0.717) is 11.1 Å². The van der Waals surface area contributed by atoms with Crippen molar-refractivity contribution in [1.82, 2.24) is 4.90 Å². The highest BCUT2D eigenvalue weighted by molar-refractivity contribution is 6.25. The molecule has 0 atom stereocenters. The van der Waals surface area contributed by atoms with Crippen LogP contribution in [0.25, 0.3) is 10.8 Å². The monoisotopic (exact) mass is 223 g/mol. The normalized spacial score (nSPS) is 14.2. The zero-order valence-corrected chi connectivity index (χ0v) is 9.01. The van der Waals surface area contributed by atoms with Gasteiger partial charge >= 0.3 is 0 Å². The van der Waals surface area contributed by atoms with E-state index in [4.69, 9.17) is 0 Å². The van der Waals surface area contributed by atoms with Gasteiger partial charge in [-0.25, -0.2) is 4.90 Å². The van der Waals surface area contributed by atoms with Gasteiger partial charge in [-0.3, -0.25) is 9.59 Å². The zero-order valence-electron chi connectivity index (χ0n) is 9.01. The Balaban J connectivity index is 2.47. The van der Waals surface area contributed by atoms with Crippen LogP contribution in [0.5, 0.6) is 0 Å². The van der Waals surface area contributed by atoms with Gasteiger partial charge in [0.15, 0.2) is 0 Å². The van der Waals surface area contributed by atoms with Gasteiger partial charge < -0.3 is 0 Å².